The van der Waals surface area contributed by atoms with Gasteiger partial charge < -0.3 is 9.32 Å². The van der Waals surface area contributed by atoms with Crippen molar-refractivity contribution in [2.45, 2.75) is 19.3 Å². The molecule has 1 aromatic heterocycles. The number of benzene rings is 9. The van der Waals surface area contributed by atoms with Crippen LogP contribution < -0.4 is 4.90 Å². The standard InChI is InChI=1S/C53H37NO/c1-53(2)48-21-10-8-20-46(48)51-47(32-38-15-6-7-18-43(38)52(51)53)39-24-23-37-31-41(26-25-36(37)29-39)54(40-17-12-16-35(30-40)34-13-4-3-5-14-34)42-27-28-45-44-19-9-11-22-49(44)55-50(45)33-42/h3-33H,1-2H3. The molecule has 0 saturated carbocycles. The van der Waals surface area contributed by atoms with Crippen LogP contribution in [-0.4, -0.2) is 0 Å². The van der Waals surface area contributed by atoms with Gasteiger partial charge in [0.1, 0.15) is 11.2 Å². The molecule has 0 bridgehead atoms. The molecule has 55 heavy (non-hydrogen) atoms. The van der Waals surface area contributed by atoms with Crippen molar-refractivity contribution in [3.8, 4) is 33.4 Å². The predicted molar refractivity (Wildman–Crippen MR) is 232 cm³/mol. The molecule has 9 aromatic carbocycles. The Bertz CT molecular complexity index is 3130. The number of rotatable bonds is 5. The predicted octanol–water partition coefficient (Wildman–Crippen LogP) is 15.0. The van der Waals surface area contributed by atoms with Crippen molar-refractivity contribution in [1.29, 1.82) is 0 Å². The summed E-state index contributed by atoms with van der Waals surface area (Å²) in [6.07, 6.45) is 0. The van der Waals surface area contributed by atoms with E-state index in [1.807, 2.05) is 12.1 Å². The summed E-state index contributed by atoms with van der Waals surface area (Å²) < 4.78 is 6.40. The SMILES string of the molecule is CC1(C)c2ccccc2-c2c(-c3ccc4cc(N(c5cccc(-c6ccccc6)c5)c5ccc6c(c5)oc5ccccc56)ccc4c3)cc3ccccc3c21. The third-order valence-electron chi connectivity index (χ3n) is 11.8. The first-order valence-corrected chi connectivity index (χ1v) is 19.1. The highest BCUT2D eigenvalue weighted by atomic mass is 16.3. The zero-order chi connectivity index (χ0) is 36.7. The fourth-order valence-electron chi connectivity index (χ4n) is 9.18. The molecule has 1 heterocycles. The second-order valence-electron chi connectivity index (χ2n) is 15.3. The molecule has 0 atom stereocenters. The topological polar surface area (TPSA) is 16.4 Å². The third kappa shape index (κ3) is 4.95. The van der Waals surface area contributed by atoms with Gasteiger partial charge in [0.25, 0.3) is 0 Å². The van der Waals surface area contributed by atoms with Gasteiger partial charge in [-0.15, -0.1) is 0 Å². The van der Waals surface area contributed by atoms with Crippen LogP contribution in [0.15, 0.2) is 192 Å². The first-order valence-electron chi connectivity index (χ1n) is 19.1. The lowest BCUT2D eigenvalue weighted by atomic mass is 9.79. The van der Waals surface area contributed by atoms with Gasteiger partial charge in [-0.25, -0.2) is 0 Å². The molecule has 2 heteroatoms. The van der Waals surface area contributed by atoms with Gasteiger partial charge in [-0.2, -0.15) is 0 Å². The van der Waals surface area contributed by atoms with Crippen molar-refractivity contribution in [3.05, 3.63) is 199 Å². The summed E-state index contributed by atoms with van der Waals surface area (Å²) in [5.74, 6) is 0. The Morgan fingerprint density at radius 1 is 0.400 bits per heavy atom. The largest absolute Gasteiger partial charge is 0.456 e. The molecule has 0 fully saturated rings. The number of hydrogen-bond acceptors (Lipinski definition) is 2. The van der Waals surface area contributed by atoms with Crippen molar-refractivity contribution in [2.75, 3.05) is 4.90 Å². The molecule has 0 radical (unpaired) electrons. The van der Waals surface area contributed by atoms with E-state index in [1.165, 1.54) is 66.1 Å². The fraction of sp³-hybridized carbons (Fsp3) is 0.0566. The second kappa shape index (κ2) is 12.1. The normalized spacial score (nSPS) is 13.1. The first-order chi connectivity index (χ1) is 27.0. The Kier molecular flexibility index (Phi) is 6.93. The van der Waals surface area contributed by atoms with Gasteiger partial charge in [0.15, 0.2) is 0 Å². The number of furan rings is 1. The summed E-state index contributed by atoms with van der Waals surface area (Å²) in [6, 6.07) is 68.4. The van der Waals surface area contributed by atoms with Crippen LogP contribution in [0.2, 0.25) is 0 Å². The van der Waals surface area contributed by atoms with Crippen LogP contribution in [0.5, 0.6) is 0 Å². The molecule has 10 aromatic rings. The minimum absolute atomic E-state index is 0.0973. The lowest BCUT2D eigenvalue weighted by Gasteiger charge is -2.26. The highest BCUT2D eigenvalue weighted by Gasteiger charge is 2.38. The molecule has 0 spiro atoms. The summed E-state index contributed by atoms with van der Waals surface area (Å²) >= 11 is 0. The first kappa shape index (κ1) is 31.6. The molecule has 0 unspecified atom stereocenters. The Hall–Kier alpha value is -6.90. The third-order valence-corrected chi connectivity index (χ3v) is 11.8. The maximum Gasteiger partial charge on any atom is 0.137 e. The maximum atomic E-state index is 6.40. The van der Waals surface area contributed by atoms with Crippen molar-refractivity contribution >= 4 is 60.5 Å². The summed E-state index contributed by atoms with van der Waals surface area (Å²) in [7, 11) is 0. The van der Waals surface area contributed by atoms with Crippen LogP contribution in [0.4, 0.5) is 17.1 Å². The van der Waals surface area contributed by atoms with E-state index in [2.05, 4.69) is 195 Å². The number of fused-ring (bicyclic) bond motifs is 9. The van der Waals surface area contributed by atoms with E-state index in [9.17, 15) is 0 Å². The minimum atomic E-state index is -0.0973. The highest BCUT2D eigenvalue weighted by Crippen LogP contribution is 2.55. The summed E-state index contributed by atoms with van der Waals surface area (Å²) in [4.78, 5) is 2.35. The Morgan fingerprint density at radius 3 is 1.98 bits per heavy atom. The van der Waals surface area contributed by atoms with Gasteiger partial charge in [0.05, 0.1) is 0 Å². The average molecular weight is 704 g/mol. The van der Waals surface area contributed by atoms with E-state index < -0.39 is 0 Å². The average Bonchev–Trinajstić information content (AvgIpc) is 3.72. The summed E-state index contributed by atoms with van der Waals surface area (Å²) in [5.41, 5.74) is 15.3. The van der Waals surface area contributed by atoms with Gasteiger partial charge in [-0.3, -0.25) is 0 Å². The van der Waals surface area contributed by atoms with Gasteiger partial charge in [-0.05, 0) is 121 Å². The summed E-state index contributed by atoms with van der Waals surface area (Å²) in [6.45, 7) is 4.76. The number of anilines is 3. The molecule has 11 rings (SSSR count). The van der Waals surface area contributed by atoms with Gasteiger partial charge in [0.2, 0.25) is 0 Å². The Labute approximate surface area is 320 Å². The fourth-order valence-corrected chi connectivity index (χ4v) is 9.18. The van der Waals surface area contributed by atoms with Crippen molar-refractivity contribution < 1.29 is 4.42 Å². The molecule has 0 aliphatic heterocycles. The zero-order valence-corrected chi connectivity index (χ0v) is 30.8. The molecular weight excluding hydrogens is 667 g/mol. The number of hydrogen-bond donors (Lipinski definition) is 0. The lowest BCUT2D eigenvalue weighted by Crippen LogP contribution is -2.15. The van der Waals surface area contributed by atoms with Gasteiger partial charge in [0, 0.05) is 39.3 Å². The van der Waals surface area contributed by atoms with E-state index in [4.69, 9.17) is 4.42 Å². The quantitative estimate of drug-likeness (QED) is 0.177. The molecular formula is C53H37NO. The van der Waals surface area contributed by atoms with E-state index in [1.54, 1.807) is 0 Å². The molecule has 0 N–H and O–H groups in total. The molecule has 260 valence electrons. The highest BCUT2D eigenvalue weighted by molar-refractivity contribution is 6.07. The molecule has 1 aliphatic carbocycles. The van der Waals surface area contributed by atoms with Crippen LogP contribution in [0.1, 0.15) is 25.0 Å². The van der Waals surface area contributed by atoms with Crippen LogP contribution in [-0.2, 0) is 5.41 Å². The van der Waals surface area contributed by atoms with E-state index >= 15 is 0 Å². The number of para-hydroxylation sites is 1. The molecule has 0 amide bonds. The second-order valence-corrected chi connectivity index (χ2v) is 15.3. The summed E-state index contributed by atoms with van der Waals surface area (Å²) in [5, 5.41) is 7.27. The van der Waals surface area contributed by atoms with Crippen LogP contribution in [0, 0.1) is 0 Å². The Balaban J connectivity index is 1.07. The Morgan fingerprint density at radius 2 is 1.07 bits per heavy atom. The molecule has 1 aliphatic rings. The van der Waals surface area contributed by atoms with Crippen LogP contribution in [0.3, 0.4) is 0 Å². The molecule has 2 nitrogen and oxygen atoms in total. The smallest absolute Gasteiger partial charge is 0.137 e. The van der Waals surface area contributed by atoms with Crippen molar-refractivity contribution in [3.63, 3.8) is 0 Å². The molecule has 0 saturated heterocycles. The maximum absolute atomic E-state index is 6.40. The van der Waals surface area contributed by atoms with Gasteiger partial charge >= 0.3 is 0 Å². The van der Waals surface area contributed by atoms with Crippen LogP contribution in [0.25, 0.3) is 76.9 Å². The van der Waals surface area contributed by atoms with Crippen molar-refractivity contribution in [1.82, 2.24) is 0 Å². The lowest BCUT2D eigenvalue weighted by molar-refractivity contribution is 0.666. The zero-order valence-electron chi connectivity index (χ0n) is 30.8. The minimum Gasteiger partial charge on any atom is -0.456 e. The van der Waals surface area contributed by atoms with Gasteiger partial charge in [-0.1, -0.05) is 141 Å². The van der Waals surface area contributed by atoms with E-state index in [0.717, 1.165) is 39.0 Å². The van der Waals surface area contributed by atoms with Crippen molar-refractivity contribution in [2.24, 2.45) is 0 Å². The monoisotopic (exact) mass is 703 g/mol. The van der Waals surface area contributed by atoms with E-state index in [-0.39, 0.29) is 5.41 Å². The van der Waals surface area contributed by atoms with E-state index in [0.29, 0.717) is 0 Å². The number of nitrogens with zero attached hydrogens (tertiary/aromatic N) is 1. The van der Waals surface area contributed by atoms with Crippen LogP contribution >= 0.6 is 0 Å².